The third-order valence-corrected chi connectivity index (χ3v) is 5.96. The van der Waals surface area contributed by atoms with E-state index in [4.69, 9.17) is 0 Å². The molecular weight excluding hydrogens is 339 g/mol. The molecule has 124 valence electrons. The average Bonchev–Trinajstić information content (AvgIpc) is 3.10. The van der Waals surface area contributed by atoms with E-state index in [1.54, 1.807) is 6.07 Å². The number of halogens is 1. The highest BCUT2D eigenvalue weighted by atomic mass is 32.1. The Bertz CT molecular complexity index is 1240. The van der Waals surface area contributed by atoms with E-state index in [0.717, 1.165) is 36.9 Å². The SMILES string of the molecule is Fc1ccc(-c2ccccc2-c2ccccc2)c2c1sc1ccccc12. The van der Waals surface area contributed by atoms with Crippen molar-refractivity contribution >= 4 is 31.5 Å². The molecule has 26 heavy (non-hydrogen) atoms. The maximum atomic E-state index is 14.6. The Kier molecular flexibility index (Phi) is 3.58. The Balaban J connectivity index is 1.89. The van der Waals surface area contributed by atoms with E-state index in [2.05, 4.69) is 42.5 Å². The van der Waals surface area contributed by atoms with Gasteiger partial charge in [0.15, 0.2) is 0 Å². The summed E-state index contributed by atoms with van der Waals surface area (Å²) >= 11 is 1.52. The Hall–Kier alpha value is -2.97. The fourth-order valence-corrected chi connectivity index (χ4v) is 4.74. The second kappa shape index (κ2) is 6.08. The molecule has 0 nitrogen and oxygen atoms in total. The number of hydrogen-bond acceptors (Lipinski definition) is 1. The van der Waals surface area contributed by atoms with Crippen molar-refractivity contribution in [3.63, 3.8) is 0 Å². The van der Waals surface area contributed by atoms with Gasteiger partial charge >= 0.3 is 0 Å². The maximum absolute atomic E-state index is 14.6. The highest BCUT2D eigenvalue weighted by molar-refractivity contribution is 7.26. The number of rotatable bonds is 2. The molecule has 1 heterocycles. The lowest BCUT2D eigenvalue weighted by Gasteiger charge is -2.12. The van der Waals surface area contributed by atoms with E-state index in [1.807, 2.05) is 42.5 Å². The zero-order chi connectivity index (χ0) is 17.5. The molecule has 2 heteroatoms. The smallest absolute Gasteiger partial charge is 0.141 e. The maximum Gasteiger partial charge on any atom is 0.141 e. The minimum atomic E-state index is -0.151. The Morgan fingerprint density at radius 3 is 2.12 bits per heavy atom. The molecule has 0 aliphatic rings. The van der Waals surface area contributed by atoms with E-state index < -0.39 is 0 Å². The molecular formula is C24H15FS. The lowest BCUT2D eigenvalue weighted by Crippen LogP contribution is -1.87. The van der Waals surface area contributed by atoms with Crippen molar-refractivity contribution in [1.82, 2.24) is 0 Å². The molecule has 0 atom stereocenters. The first-order valence-corrected chi connectivity index (χ1v) is 9.39. The Morgan fingerprint density at radius 2 is 1.27 bits per heavy atom. The highest BCUT2D eigenvalue weighted by Crippen LogP contribution is 2.43. The number of fused-ring (bicyclic) bond motifs is 3. The summed E-state index contributed by atoms with van der Waals surface area (Å²) in [7, 11) is 0. The molecule has 1 aromatic heterocycles. The van der Waals surface area contributed by atoms with Crippen molar-refractivity contribution < 1.29 is 4.39 Å². The third-order valence-electron chi connectivity index (χ3n) is 4.78. The Morgan fingerprint density at radius 1 is 0.577 bits per heavy atom. The van der Waals surface area contributed by atoms with E-state index in [0.29, 0.717) is 0 Å². The van der Waals surface area contributed by atoms with Crippen molar-refractivity contribution in [3.05, 3.63) is 96.8 Å². The molecule has 0 saturated carbocycles. The summed E-state index contributed by atoms with van der Waals surface area (Å²) in [6.07, 6.45) is 0. The van der Waals surface area contributed by atoms with Gasteiger partial charge in [-0.3, -0.25) is 0 Å². The van der Waals surface area contributed by atoms with Crippen LogP contribution in [-0.2, 0) is 0 Å². The van der Waals surface area contributed by atoms with Gasteiger partial charge in [0.25, 0.3) is 0 Å². The summed E-state index contributed by atoms with van der Waals surface area (Å²) in [5, 5.41) is 2.12. The molecule has 5 aromatic rings. The molecule has 0 bridgehead atoms. The van der Waals surface area contributed by atoms with Crippen LogP contribution in [0.4, 0.5) is 4.39 Å². The van der Waals surface area contributed by atoms with Crippen LogP contribution in [0, 0.1) is 5.82 Å². The molecule has 0 saturated heterocycles. The predicted octanol–water partition coefficient (Wildman–Crippen LogP) is 7.53. The molecule has 0 fully saturated rings. The third kappa shape index (κ3) is 2.34. The second-order valence-electron chi connectivity index (χ2n) is 6.31. The molecule has 0 amide bonds. The monoisotopic (exact) mass is 354 g/mol. The van der Waals surface area contributed by atoms with Crippen LogP contribution in [0.5, 0.6) is 0 Å². The van der Waals surface area contributed by atoms with Gasteiger partial charge in [-0.25, -0.2) is 4.39 Å². The van der Waals surface area contributed by atoms with Gasteiger partial charge in [0.05, 0.1) is 4.70 Å². The molecule has 4 aromatic carbocycles. The molecule has 0 aliphatic heterocycles. The largest absolute Gasteiger partial charge is 0.205 e. The van der Waals surface area contributed by atoms with Crippen molar-refractivity contribution in [2.45, 2.75) is 0 Å². The summed E-state index contributed by atoms with van der Waals surface area (Å²) in [5.74, 6) is -0.151. The lowest BCUT2D eigenvalue weighted by molar-refractivity contribution is 0.642. The van der Waals surface area contributed by atoms with Crippen LogP contribution in [0.3, 0.4) is 0 Å². The van der Waals surface area contributed by atoms with Gasteiger partial charge in [0, 0.05) is 15.5 Å². The van der Waals surface area contributed by atoms with Gasteiger partial charge in [-0.1, -0.05) is 78.9 Å². The molecule has 0 aliphatic carbocycles. The van der Waals surface area contributed by atoms with Crippen LogP contribution in [0.15, 0.2) is 91.0 Å². The van der Waals surface area contributed by atoms with E-state index in [9.17, 15) is 4.39 Å². The zero-order valence-electron chi connectivity index (χ0n) is 13.9. The van der Waals surface area contributed by atoms with Gasteiger partial charge in [-0.2, -0.15) is 0 Å². The second-order valence-corrected chi connectivity index (χ2v) is 7.36. The molecule has 0 spiro atoms. The molecule has 0 N–H and O–H groups in total. The normalized spacial score (nSPS) is 11.3. The van der Waals surface area contributed by atoms with Crippen molar-refractivity contribution in [3.8, 4) is 22.3 Å². The van der Waals surface area contributed by atoms with E-state index in [1.165, 1.54) is 16.9 Å². The summed E-state index contributed by atoms with van der Waals surface area (Å²) in [6, 6.07) is 30.4. The van der Waals surface area contributed by atoms with Gasteiger partial charge < -0.3 is 0 Å². The summed E-state index contributed by atoms with van der Waals surface area (Å²) in [6.45, 7) is 0. The van der Waals surface area contributed by atoms with Gasteiger partial charge in [-0.15, -0.1) is 11.3 Å². The number of thiophene rings is 1. The molecule has 0 radical (unpaired) electrons. The minimum Gasteiger partial charge on any atom is -0.205 e. The first kappa shape index (κ1) is 15.3. The van der Waals surface area contributed by atoms with Gasteiger partial charge in [0.1, 0.15) is 5.82 Å². The van der Waals surface area contributed by atoms with E-state index in [-0.39, 0.29) is 5.82 Å². The van der Waals surface area contributed by atoms with Gasteiger partial charge in [-0.05, 0) is 34.4 Å². The molecule has 5 rings (SSSR count). The number of hydrogen-bond donors (Lipinski definition) is 0. The first-order valence-electron chi connectivity index (χ1n) is 8.57. The Labute approximate surface area is 155 Å². The van der Waals surface area contributed by atoms with Crippen LogP contribution >= 0.6 is 11.3 Å². The van der Waals surface area contributed by atoms with Gasteiger partial charge in [0.2, 0.25) is 0 Å². The summed E-state index contributed by atoms with van der Waals surface area (Å²) in [4.78, 5) is 0. The van der Waals surface area contributed by atoms with E-state index >= 15 is 0 Å². The minimum absolute atomic E-state index is 0.151. The lowest BCUT2D eigenvalue weighted by atomic mass is 9.92. The highest BCUT2D eigenvalue weighted by Gasteiger charge is 2.16. The quantitative estimate of drug-likeness (QED) is 0.307. The zero-order valence-corrected chi connectivity index (χ0v) is 14.8. The van der Waals surface area contributed by atoms with Crippen molar-refractivity contribution in [2.75, 3.05) is 0 Å². The van der Waals surface area contributed by atoms with Crippen LogP contribution in [0.1, 0.15) is 0 Å². The van der Waals surface area contributed by atoms with Crippen molar-refractivity contribution in [2.24, 2.45) is 0 Å². The predicted molar refractivity (Wildman–Crippen MR) is 110 cm³/mol. The first-order chi connectivity index (χ1) is 12.8. The summed E-state index contributed by atoms with van der Waals surface area (Å²) in [5.41, 5.74) is 4.54. The molecule has 0 unspecified atom stereocenters. The summed E-state index contributed by atoms with van der Waals surface area (Å²) < 4.78 is 16.4. The van der Waals surface area contributed by atoms with Crippen LogP contribution in [-0.4, -0.2) is 0 Å². The van der Waals surface area contributed by atoms with Crippen molar-refractivity contribution in [1.29, 1.82) is 0 Å². The fourth-order valence-electron chi connectivity index (χ4n) is 3.61. The fraction of sp³-hybridized carbons (Fsp3) is 0. The van der Waals surface area contributed by atoms with Crippen LogP contribution in [0.2, 0.25) is 0 Å². The standard InChI is InChI=1S/C24H15FS/c25-21-15-14-19(23-20-12-6-7-13-22(20)26-24(21)23)18-11-5-4-10-17(18)16-8-2-1-3-9-16/h1-15H. The van der Waals surface area contributed by atoms with Crippen LogP contribution in [0.25, 0.3) is 42.4 Å². The number of benzene rings is 4. The topological polar surface area (TPSA) is 0 Å². The average molecular weight is 354 g/mol. The van der Waals surface area contributed by atoms with Crippen LogP contribution < -0.4 is 0 Å².